The zero-order valence-corrected chi connectivity index (χ0v) is 18.6. The van der Waals surface area contributed by atoms with Gasteiger partial charge < -0.3 is 18.9 Å². The van der Waals surface area contributed by atoms with E-state index in [1.54, 1.807) is 0 Å². The molecule has 9 nitrogen and oxygen atoms in total. The molecule has 0 bridgehead atoms. The van der Waals surface area contributed by atoms with Gasteiger partial charge in [-0.3, -0.25) is 14.4 Å². The van der Waals surface area contributed by atoms with Crippen molar-refractivity contribution in [3.8, 4) is 17.0 Å². The van der Waals surface area contributed by atoms with Gasteiger partial charge in [-0.2, -0.15) is 4.39 Å². The van der Waals surface area contributed by atoms with E-state index < -0.39 is 53.4 Å². The third-order valence-corrected chi connectivity index (χ3v) is 5.59. The van der Waals surface area contributed by atoms with Crippen LogP contribution in [0.2, 0.25) is 0 Å². The van der Waals surface area contributed by atoms with Crippen LogP contribution < -0.4 is 4.74 Å². The van der Waals surface area contributed by atoms with Gasteiger partial charge in [-0.05, 0) is 6.07 Å². The molecular formula is C21H20F2N2O7S. The average Bonchev–Trinajstić information content (AvgIpc) is 2.71. The van der Waals surface area contributed by atoms with Crippen LogP contribution in [0, 0.1) is 11.8 Å². The number of rotatable bonds is 6. The summed E-state index contributed by atoms with van der Waals surface area (Å²) in [6, 6.07) is 3.49. The van der Waals surface area contributed by atoms with E-state index >= 15 is 0 Å². The third kappa shape index (κ3) is 6.37. The number of hydrogen-bond acceptors (Lipinski definition) is 10. The maximum atomic E-state index is 14.7. The molecule has 4 atom stereocenters. The molecule has 0 aromatic carbocycles. The Morgan fingerprint density at radius 1 is 0.970 bits per heavy atom. The first-order valence-electron chi connectivity index (χ1n) is 9.71. The molecule has 3 rings (SSSR count). The smallest absolute Gasteiger partial charge is 0.303 e. The van der Waals surface area contributed by atoms with Crippen molar-refractivity contribution >= 4 is 29.7 Å². The van der Waals surface area contributed by atoms with Gasteiger partial charge in [-0.1, -0.05) is 0 Å². The monoisotopic (exact) mass is 482 g/mol. The highest BCUT2D eigenvalue weighted by Crippen LogP contribution is 2.35. The highest BCUT2D eigenvalue weighted by atomic mass is 32.2. The number of ether oxygens (including phenoxy) is 4. The Kier molecular flexibility index (Phi) is 7.79. The summed E-state index contributed by atoms with van der Waals surface area (Å²) in [6.45, 7) is 3.52. The van der Waals surface area contributed by atoms with Crippen LogP contribution in [0.15, 0.2) is 30.6 Å². The van der Waals surface area contributed by atoms with E-state index in [2.05, 4.69) is 9.97 Å². The number of carbonyl (C=O) groups is 3. The number of halogens is 2. The van der Waals surface area contributed by atoms with Gasteiger partial charge in [-0.15, -0.1) is 11.8 Å². The van der Waals surface area contributed by atoms with Crippen LogP contribution in [0.5, 0.6) is 5.75 Å². The van der Waals surface area contributed by atoms with Crippen LogP contribution >= 0.6 is 11.8 Å². The van der Waals surface area contributed by atoms with Gasteiger partial charge >= 0.3 is 17.9 Å². The molecule has 1 saturated heterocycles. The lowest BCUT2D eigenvalue weighted by Crippen LogP contribution is -2.55. The Morgan fingerprint density at radius 3 is 2.24 bits per heavy atom. The average molecular weight is 482 g/mol. The first-order chi connectivity index (χ1) is 15.6. The van der Waals surface area contributed by atoms with Gasteiger partial charge in [0.15, 0.2) is 29.6 Å². The van der Waals surface area contributed by atoms with E-state index in [4.69, 9.17) is 18.9 Å². The molecule has 0 spiro atoms. The normalized spacial score (nSPS) is 22.2. The quantitative estimate of drug-likeness (QED) is 0.346. The summed E-state index contributed by atoms with van der Waals surface area (Å²) in [7, 11) is 0. The highest BCUT2D eigenvalue weighted by Gasteiger charge is 2.47. The Hall–Kier alpha value is -3.28. The van der Waals surface area contributed by atoms with E-state index in [1.807, 2.05) is 0 Å². The molecule has 1 aliphatic rings. The second kappa shape index (κ2) is 10.6. The summed E-state index contributed by atoms with van der Waals surface area (Å²) in [5.41, 5.74) is -0.852. The summed E-state index contributed by atoms with van der Waals surface area (Å²) in [5, 5.41) is 0. The van der Waals surface area contributed by atoms with E-state index in [0.29, 0.717) is 0 Å². The van der Waals surface area contributed by atoms with Crippen molar-refractivity contribution in [1.82, 2.24) is 9.97 Å². The van der Waals surface area contributed by atoms with Gasteiger partial charge in [0.1, 0.15) is 11.4 Å². The van der Waals surface area contributed by atoms with Crippen molar-refractivity contribution in [2.45, 2.75) is 44.5 Å². The lowest BCUT2D eigenvalue weighted by molar-refractivity contribution is -0.186. The number of thioether (sulfide) groups is 1. The van der Waals surface area contributed by atoms with E-state index in [1.165, 1.54) is 25.4 Å². The van der Waals surface area contributed by atoms with Crippen molar-refractivity contribution in [2.75, 3.05) is 5.75 Å². The Balaban J connectivity index is 1.86. The van der Waals surface area contributed by atoms with Crippen molar-refractivity contribution in [3.63, 3.8) is 0 Å². The van der Waals surface area contributed by atoms with Crippen LogP contribution in [0.3, 0.4) is 0 Å². The fourth-order valence-electron chi connectivity index (χ4n) is 3.19. The fourth-order valence-corrected chi connectivity index (χ4v) is 4.41. The largest absolute Gasteiger partial charge is 0.474 e. The number of nitrogens with zero attached hydrogens (tertiary/aromatic N) is 2. The van der Waals surface area contributed by atoms with E-state index in [0.717, 1.165) is 37.7 Å². The summed E-state index contributed by atoms with van der Waals surface area (Å²) >= 11 is 1.12. The van der Waals surface area contributed by atoms with Crippen LogP contribution in [-0.2, 0) is 28.6 Å². The van der Waals surface area contributed by atoms with Gasteiger partial charge in [0.05, 0.1) is 6.20 Å². The first kappa shape index (κ1) is 24.4. The zero-order chi connectivity index (χ0) is 24.1. The number of aromatic nitrogens is 2. The SMILES string of the molecule is CC(=O)O[C@@H]1[C@@H](OC(C)=O)[C@H](OC(C)=O)CS[C@H]1Oc1cnc(-c2ccnc(F)c2)c(F)c1. The molecule has 2 aromatic rings. The van der Waals surface area contributed by atoms with Crippen molar-refractivity contribution < 1.29 is 42.1 Å². The molecule has 0 radical (unpaired) electrons. The lowest BCUT2D eigenvalue weighted by atomic mass is 10.1. The minimum Gasteiger partial charge on any atom is -0.474 e. The molecule has 0 aliphatic carbocycles. The van der Waals surface area contributed by atoms with Gasteiger partial charge in [0.25, 0.3) is 0 Å². The Labute approximate surface area is 191 Å². The van der Waals surface area contributed by atoms with Crippen molar-refractivity contribution in [2.24, 2.45) is 0 Å². The van der Waals surface area contributed by atoms with E-state index in [9.17, 15) is 23.2 Å². The maximum absolute atomic E-state index is 14.7. The predicted octanol–water partition coefficient (Wildman–Crippen LogP) is 2.67. The summed E-state index contributed by atoms with van der Waals surface area (Å²) < 4.78 is 49.7. The molecule has 33 heavy (non-hydrogen) atoms. The maximum Gasteiger partial charge on any atom is 0.303 e. The Bertz CT molecular complexity index is 1060. The summed E-state index contributed by atoms with van der Waals surface area (Å²) in [6.07, 6.45) is -0.779. The second-order valence-corrected chi connectivity index (χ2v) is 8.12. The number of pyridine rings is 2. The summed E-state index contributed by atoms with van der Waals surface area (Å²) in [4.78, 5) is 42.2. The van der Waals surface area contributed by atoms with Gasteiger partial charge in [0.2, 0.25) is 5.95 Å². The minimum atomic E-state index is -1.16. The van der Waals surface area contributed by atoms with E-state index in [-0.39, 0.29) is 22.8 Å². The number of esters is 3. The minimum absolute atomic E-state index is 0.00654. The highest BCUT2D eigenvalue weighted by molar-refractivity contribution is 7.99. The number of hydrogen-bond donors (Lipinski definition) is 0. The molecular weight excluding hydrogens is 462 g/mol. The molecule has 1 fully saturated rings. The molecule has 0 N–H and O–H groups in total. The van der Waals surface area contributed by atoms with Crippen molar-refractivity contribution in [1.29, 1.82) is 0 Å². The van der Waals surface area contributed by atoms with Crippen LogP contribution in [0.1, 0.15) is 20.8 Å². The Morgan fingerprint density at radius 2 is 1.64 bits per heavy atom. The van der Waals surface area contributed by atoms with Crippen LogP contribution in [0.4, 0.5) is 8.78 Å². The second-order valence-electron chi connectivity index (χ2n) is 6.98. The lowest BCUT2D eigenvalue weighted by Gasteiger charge is -2.39. The first-order valence-corrected chi connectivity index (χ1v) is 10.8. The standard InChI is InChI=1S/C21H20F2N2O7S/c1-10(26)29-16-9-33-21(20(31-12(3)28)19(16)30-11(2)27)32-14-7-15(22)18(25-8-14)13-4-5-24-17(23)6-13/h4-8,16,19-21H,9H2,1-3H3/t16-,19+,20-,21-/m1/s1. The van der Waals surface area contributed by atoms with Crippen LogP contribution in [0.25, 0.3) is 11.3 Å². The number of carbonyl (C=O) groups excluding carboxylic acids is 3. The van der Waals surface area contributed by atoms with Crippen LogP contribution in [-0.4, -0.2) is 57.4 Å². The molecule has 0 unspecified atom stereocenters. The van der Waals surface area contributed by atoms with Gasteiger partial charge in [-0.25, -0.2) is 14.4 Å². The third-order valence-electron chi connectivity index (χ3n) is 4.37. The molecule has 0 saturated carbocycles. The van der Waals surface area contributed by atoms with Gasteiger partial charge in [0, 0.05) is 50.4 Å². The molecule has 3 heterocycles. The fraction of sp³-hybridized carbons (Fsp3) is 0.381. The molecule has 2 aromatic heterocycles. The molecule has 176 valence electrons. The topological polar surface area (TPSA) is 114 Å². The molecule has 0 amide bonds. The predicted molar refractivity (Wildman–Crippen MR) is 111 cm³/mol. The summed E-state index contributed by atoms with van der Waals surface area (Å²) in [5.74, 6) is -3.38. The zero-order valence-electron chi connectivity index (χ0n) is 17.8. The van der Waals surface area contributed by atoms with Crippen molar-refractivity contribution in [3.05, 3.63) is 42.4 Å². The molecule has 12 heteroatoms. The molecule has 1 aliphatic heterocycles.